The van der Waals surface area contributed by atoms with E-state index >= 15 is 0 Å². The van der Waals surface area contributed by atoms with Crippen LogP contribution in [0.4, 0.5) is 0 Å². The van der Waals surface area contributed by atoms with E-state index < -0.39 is 0 Å². The third kappa shape index (κ3) is 14.3. The third-order valence-corrected chi connectivity index (χ3v) is 10.3. The van der Waals surface area contributed by atoms with Gasteiger partial charge in [-0.1, -0.05) is 191 Å². The summed E-state index contributed by atoms with van der Waals surface area (Å²) in [5.41, 5.74) is 2.90. The van der Waals surface area contributed by atoms with E-state index in [0.29, 0.717) is 6.04 Å². The Morgan fingerprint density at radius 3 is 1.58 bits per heavy atom. The molecule has 250 valence electrons. The van der Waals surface area contributed by atoms with Gasteiger partial charge >= 0.3 is 0 Å². The molecule has 45 heavy (non-hydrogen) atoms. The number of rotatable bonds is 27. The number of benzene rings is 2. The Hall–Kier alpha value is -2.35. The van der Waals surface area contributed by atoms with Crippen LogP contribution in [-0.4, -0.2) is 4.57 Å². The zero-order chi connectivity index (χ0) is 31.8. The lowest BCUT2D eigenvalue weighted by atomic mass is 9.70. The summed E-state index contributed by atoms with van der Waals surface area (Å²) in [6.45, 7) is 8.28. The van der Waals surface area contributed by atoms with Crippen molar-refractivity contribution in [3.05, 3.63) is 90.5 Å². The summed E-state index contributed by atoms with van der Waals surface area (Å²) in [7, 11) is 0. The lowest BCUT2D eigenvalue weighted by Crippen LogP contribution is -2.38. The van der Waals surface area contributed by atoms with E-state index in [1.54, 1.807) is 0 Å². The van der Waals surface area contributed by atoms with E-state index in [4.69, 9.17) is 0 Å². The molecule has 2 heteroatoms. The maximum absolute atomic E-state index is 2.58. The molecule has 0 amide bonds. The minimum absolute atomic E-state index is 0.0101. The van der Waals surface area contributed by atoms with Gasteiger partial charge in [-0.15, -0.1) is 0 Å². The van der Waals surface area contributed by atoms with Gasteiger partial charge in [0.05, 0.1) is 6.54 Å². The fourth-order valence-electron chi connectivity index (χ4n) is 7.38. The molecule has 3 aromatic rings. The second-order valence-corrected chi connectivity index (χ2v) is 14.2. The van der Waals surface area contributed by atoms with Crippen molar-refractivity contribution in [2.24, 2.45) is 0 Å². The van der Waals surface area contributed by atoms with Gasteiger partial charge in [0.25, 0.3) is 0 Å². The summed E-state index contributed by atoms with van der Waals surface area (Å²) >= 11 is 0. The summed E-state index contributed by atoms with van der Waals surface area (Å²) < 4.78 is 5.05. The number of hydrogen-bond donors (Lipinski definition) is 0. The number of aromatic nitrogens is 2. The van der Waals surface area contributed by atoms with Gasteiger partial charge < -0.3 is 0 Å². The number of aryl methyl sites for hydroxylation is 1. The number of imidazole rings is 1. The molecular weight excluding hydrogens is 544 g/mol. The van der Waals surface area contributed by atoms with Gasteiger partial charge in [-0.05, 0) is 43.2 Å². The molecule has 2 aromatic carbocycles. The van der Waals surface area contributed by atoms with Gasteiger partial charge in [0.15, 0.2) is 0 Å². The maximum Gasteiger partial charge on any atom is 0.244 e. The minimum Gasteiger partial charge on any atom is -0.237 e. The first kappa shape index (κ1) is 37.1. The number of unbranched alkanes of at least 4 members (excludes halogenated alkanes) is 18. The second kappa shape index (κ2) is 23.0. The average Bonchev–Trinajstić information content (AvgIpc) is 3.53. The normalized spacial score (nSPS) is 13.6. The van der Waals surface area contributed by atoms with E-state index in [-0.39, 0.29) is 5.41 Å². The van der Waals surface area contributed by atoms with E-state index in [9.17, 15) is 0 Å². The first-order chi connectivity index (χ1) is 22.2. The Labute approximate surface area is 279 Å². The maximum atomic E-state index is 2.58. The van der Waals surface area contributed by atoms with Crippen LogP contribution in [0.3, 0.4) is 0 Å². The smallest absolute Gasteiger partial charge is 0.237 e. The van der Waals surface area contributed by atoms with Gasteiger partial charge in [-0.2, -0.15) is 0 Å². The van der Waals surface area contributed by atoms with Crippen LogP contribution in [0.25, 0.3) is 0 Å². The van der Waals surface area contributed by atoms with E-state index in [1.165, 1.54) is 146 Å². The minimum atomic E-state index is 0.0101. The molecule has 3 rings (SSSR count). The van der Waals surface area contributed by atoms with E-state index in [0.717, 1.165) is 13.0 Å². The molecule has 1 heterocycles. The Bertz CT molecular complexity index is 1090. The molecule has 0 aliphatic heterocycles. The Kier molecular flexibility index (Phi) is 19.0. The van der Waals surface area contributed by atoms with Crippen LogP contribution >= 0.6 is 0 Å². The molecule has 1 aromatic heterocycles. The second-order valence-electron chi connectivity index (χ2n) is 14.2. The highest BCUT2D eigenvalue weighted by molar-refractivity contribution is 5.30. The van der Waals surface area contributed by atoms with Gasteiger partial charge in [0.1, 0.15) is 18.4 Å². The summed E-state index contributed by atoms with van der Waals surface area (Å²) in [6, 6.07) is 23.0. The lowest BCUT2D eigenvalue weighted by molar-refractivity contribution is -0.697. The quantitative estimate of drug-likeness (QED) is 0.0597. The molecule has 0 aliphatic rings. The van der Waals surface area contributed by atoms with Crippen molar-refractivity contribution in [3.8, 4) is 0 Å². The third-order valence-electron chi connectivity index (χ3n) is 10.3. The zero-order valence-corrected chi connectivity index (χ0v) is 29.7. The Morgan fingerprint density at radius 2 is 1.04 bits per heavy atom. The fraction of sp³-hybridized carbons (Fsp3) is 0.651. The van der Waals surface area contributed by atoms with Crippen LogP contribution in [0.2, 0.25) is 0 Å². The first-order valence-electron chi connectivity index (χ1n) is 19.3. The monoisotopic (exact) mass is 614 g/mol. The average molecular weight is 614 g/mol. The van der Waals surface area contributed by atoms with Crippen molar-refractivity contribution in [2.75, 3.05) is 0 Å². The van der Waals surface area contributed by atoms with Crippen molar-refractivity contribution < 1.29 is 4.57 Å². The van der Waals surface area contributed by atoms with Crippen LogP contribution in [0.5, 0.6) is 0 Å². The lowest BCUT2D eigenvalue weighted by Gasteiger charge is -2.37. The standard InChI is InChI=1S/C43H69N2/c1-4-6-8-10-12-14-15-17-19-21-29-35-44-36-37-45(39-44)42(34-28-20-18-16-13-11-9-7-5-2)43(3,41-32-26-23-27-33-41)38-40-30-24-22-25-31-40/h22-27,30-33,36-37,39,42H,4-21,28-29,34-35,38H2,1-3H3/q+1. The van der Waals surface area contributed by atoms with Crippen LogP contribution in [0, 0.1) is 0 Å². The molecule has 0 N–H and O–H groups in total. The van der Waals surface area contributed by atoms with Crippen LogP contribution < -0.4 is 4.57 Å². The summed E-state index contributed by atoms with van der Waals surface area (Å²) in [5, 5.41) is 0. The molecule has 0 spiro atoms. The SMILES string of the molecule is CCCCCCCCCCCCC[n+]1ccn(C(CCCCCCCCCCC)C(C)(Cc2ccccc2)c2ccccc2)c1. The molecule has 0 saturated carbocycles. The van der Waals surface area contributed by atoms with Crippen LogP contribution in [0.15, 0.2) is 79.4 Å². The predicted molar refractivity (Wildman–Crippen MR) is 196 cm³/mol. The topological polar surface area (TPSA) is 8.81 Å². The first-order valence-corrected chi connectivity index (χ1v) is 19.3. The summed E-state index contributed by atoms with van der Waals surface area (Å²) in [4.78, 5) is 0. The van der Waals surface area contributed by atoms with Crippen molar-refractivity contribution in [1.29, 1.82) is 0 Å². The molecule has 0 saturated heterocycles. The van der Waals surface area contributed by atoms with Gasteiger partial charge in [-0.25, -0.2) is 9.13 Å². The largest absolute Gasteiger partial charge is 0.244 e. The predicted octanol–water partition coefficient (Wildman–Crippen LogP) is 12.7. The summed E-state index contributed by atoms with van der Waals surface area (Å²) in [6.07, 6.45) is 37.2. The molecule has 0 radical (unpaired) electrons. The van der Waals surface area contributed by atoms with E-state index in [1.807, 2.05) is 0 Å². The van der Waals surface area contributed by atoms with Crippen molar-refractivity contribution in [3.63, 3.8) is 0 Å². The zero-order valence-electron chi connectivity index (χ0n) is 29.7. The van der Waals surface area contributed by atoms with E-state index in [2.05, 4.69) is 109 Å². The van der Waals surface area contributed by atoms with Gasteiger partial charge in [0, 0.05) is 5.41 Å². The molecule has 2 atom stereocenters. The van der Waals surface area contributed by atoms with Crippen molar-refractivity contribution >= 4 is 0 Å². The highest BCUT2D eigenvalue weighted by atomic mass is 15.1. The molecule has 0 bridgehead atoms. The van der Waals surface area contributed by atoms with Crippen molar-refractivity contribution in [2.45, 2.75) is 180 Å². The summed E-state index contributed by atoms with van der Waals surface area (Å²) in [5.74, 6) is 0. The van der Waals surface area contributed by atoms with Crippen LogP contribution in [0.1, 0.15) is 173 Å². The number of hydrogen-bond acceptors (Lipinski definition) is 0. The van der Waals surface area contributed by atoms with Crippen molar-refractivity contribution in [1.82, 2.24) is 4.57 Å². The van der Waals surface area contributed by atoms with Gasteiger partial charge in [0.2, 0.25) is 6.33 Å². The highest BCUT2D eigenvalue weighted by Gasteiger charge is 2.40. The molecule has 0 fully saturated rings. The van der Waals surface area contributed by atoms with Gasteiger partial charge in [-0.3, -0.25) is 0 Å². The molecule has 0 aliphatic carbocycles. The Morgan fingerprint density at radius 1 is 0.578 bits per heavy atom. The number of nitrogens with zero attached hydrogens (tertiary/aromatic N) is 2. The van der Waals surface area contributed by atoms with Crippen LogP contribution in [-0.2, 0) is 18.4 Å². The fourth-order valence-corrected chi connectivity index (χ4v) is 7.38. The molecular formula is C43H69N2+. The Balaban J connectivity index is 1.60. The molecule has 2 nitrogen and oxygen atoms in total. The highest BCUT2D eigenvalue weighted by Crippen LogP contribution is 2.41. The molecule has 2 unspecified atom stereocenters.